The molecule has 0 radical (unpaired) electrons. The van der Waals surface area contributed by atoms with Gasteiger partial charge >= 0.3 is 0 Å². The van der Waals surface area contributed by atoms with Gasteiger partial charge in [-0.15, -0.1) is 0 Å². The van der Waals surface area contributed by atoms with E-state index in [4.69, 9.17) is 0 Å². The summed E-state index contributed by atoms with van der Waals surface area (Å²) in [5, 5.41) is 11.2. The summed E-state index contributed by atoms with van der Waals surface area (Å²) in [7, 11) is 0. The highest BCUT2D eigenvalue weighted by Gasteiger charge is 2.68. The van der Waals surface area contributed by atoms with Gasteiger partial charge in [0.2, 0.25) is 0 Å². The number of carbonyl (C=O) groups excluding carboxylic acids is 2. The van der Waals surface area contributed by atoms with Crippen LogP contribution in [-0.4, -0.2) is 22.3 Å². The fourth-order valence-corrected chi connectivity index (χ4v) is 7.49. The fourth-order valence-electron chi connectivity index (χ4n) is 7.49. The Morgan fingerprint density at radius 1 is 1.16 bits per heavy atom. The second-order valence-electron chi connectivity index (χ2n) is 9.79. The highest BCUT2D eigenvalue weighted by atomic mass is 16.3. The first kappa shape index (κ1) is 16.0. The molecule has 0 aromatic rings. The topological polar surface area (TPSA) is 54.4 Å². The molecular weight excluding hydrogens is 312 g/mol. The molecule has 0 spiro atoms. The van der Waals surface area contributed by atoms with Crippen molar-refractivity contribution in [3.63, 3.8) is 0 Å². The van der Waals surface area contributed by atoms with Crippen LogP contribution in [-0.2, 0) is 9.59 Å². The maximum Gasteiger partial charge on any atom is 0.161 e. The van der Waals surface area contributed by atoms with E-state index >= 15 is 0 Å². The number of allylic oxidation sites excluding steroid dienone is 4. The number of hydrogen-bond acceptors (Lipinski definition) is 3. The van der Waals surface area contributed by atoms with Gasteiger partial charge in [-0.3, -0.25) is 9.59 Å². The summed E-state index contributed by atoms with van der Waals surface area (Å²) in [6, 6.07) is 0. The molecule has 0 aliphatic heterocycles. The average molecular weight is 340 g/mol. The van der Waals surface area contributed by atoms with E-state index < -0.39 is 5.60 Å². The van der Waals surface area contributed by atoms with E-state index in [1.807, 2.05) is 6.08 Å². The SMILES string of the molecule is CC(=O)[C@@]1(O)CC[C@H]2[C@@H]3C=CC4=CC(=O)C5CC5[C@]4(C)[C@H]3CC[C@@]21C. The average Bonchev–Trinajstić information content (AvgIpc) is 3.32. The Labute approximate surface area is 149 Å². The Morgan fingerprint density at radius 2 is 1.88 bits per heavy atom. The van der Waals surface area contributed by atoms with Crippen LogP contribution in [0.1, 0.15) is 52.9 Å². The van der Waals surface area contributed by atoms with Crippen molar-refractivity contribution in [1.82, 2.24) is 0 Å². The lowest BCUT2D eigenvalue weighted by Crippen LogP contribution is -2.56. The monoisotopic (exact) mass is 340 g/mol. The molecule has 5 rings (SSSR count). The van der Waals surface area contributed by atoms with Crippen LogP contribution in [0.3, 0.4) is 0 Å². The molecule has 0 heterocycles. The molecule has 3 nitrogen and oxygen atoms in total. The van der Waals surface area contributed by atoms with E-state index in [0.717, 1.165) is 25.7 Å². The summed E-state index contributed by atoms with van der Waals surface area (Å²) in [4.78, 5) is 24.5. The minimum atomic E-state index is -1.15. The number of aliphatic hydroxyl groups is 1. The van der Waals surface area contributed by atoms with E-state index in [9.17, 15) is 14.7 Å². The van der Waals surface area contributed by atoms with E-state index in [1.54, 1.807) is 6.92 Å². The van der Waals surface area contributed by atoms with Crippen LogP contribution in [0.25, 0.3) is 0 Å². The standard InChI is InChI=1S/C22H28O3/c1-12(23)22(25)9-7-16-14-5-4-13-10-19(24)15-11-18(15)21(13,3)17(14)6-8-20(16,22)2/h4-5,10,14-18,25H,6-9,11H2,1-3H3/t14-,15?,16-,17-,18?,20-,21-,22-/m0/s1. The molecule has 5 aliphatic rings. The summed E-state index contributed by atoms with van der Waals surface area (Å²) in [5.74, 6) is 2.36. The number of Topliss-reactive ketones (excluding diaryl/α,β-unsaturated/α-hetero) is 1. The molecule has 3 heteroatoms. The van der Waals surface area contributed by atoms with E-state index in [2.05, 4.69) is 26.0 Å². The molecular formula is C22H28O3. The Bertz CT molecular complexity index is 748. The Balaban J connectivity index is 1.58. The van der Waals surface area contributed by atoms with Gasteiger partial charge < -0.3 is 5.11 Å². The van der Waals surface area contributed by atoms with Gasteiger partial charge in [0.15, 0.2) is 11.6 Å². The highest BCUT2D eigenvalue weighted by molar-refractivity contribution is 5.97. The molecule has 1 N–H and O–H groups in total. The molecule has 3 fully saturated rings. The lowest BCUT2D eigenvalue weighted by Gasteiger charge is -2.57. The van der Waals surface area contributed by atoms with E-state index in [1.165, 1.54) is 5.57 Å². The van der Waals surface area contributed by atoms with Gasteiger partial charge in [-0.05, 0) is 79.8 Å². The van der Waals surface area contributed by atoms with Crippen molar-refractivity contribution in [1.29, 1.82) is 0 Å². The maximum absolute atomic E-state index is 12.3. The highest BCUT2D eigenvalue weighted by Crippen LogP contribution is 2.70. The molecule has 0 aromatic heterocycles. The fraction of sp³-hybridized carbons (Fsp3) is 0.727. The van der Waals surface area contributed by atoms with Crippen LogP contribution in [0.5, 0.6) is 0 Å². The van der Waals surface area contributed by atoms with Gasteiger partial charge in [0.05, 0.1) is 0 Å². The summed E-state index contributed by atoms with van der Waals surface area (Å²) in [6.45, 7) is 6.08. The van der Waals surface area contributed by atoms with Crippen molar-refractivity contribution < 1.29 is 14.7 Å². The number of fused-ring (bicyclic) bond motifs is 7. The van der Waals surface area contributed by atoms with Crippen molar-refractivity contribution in [3.8, 4) is 0 Å². The van der Waals surface area contributed by atoms with Gasteiger partial charge in [-0.1, -0.05) is 26.0 Å². The second kappa shape index (κ2) is 4.54. The largest absolute Gasteiger partial charge is 0.382 e. The van der Waals surface area contributed by atoms with E-state index in [-0.39, 0.29) is 22.5 Å². The van der Waals surface area contributed by atoms with Gasteiger partial charge in [-0.25, -0.2) is 0 Å². The molecule has 8 atom stereocenters. The molecule has 5 aliphatic carbocycles. The molecule has 0 amide bonds. The first-order valence-electron chi connectivity index (χ1n) is 9.91. The second-order valence-corrected chi connectivity index (χ2v) is 9.79. The molecule has 134 valence electrons. The minimum absolute atomic E-state index is 0.0620. The zero-order valence-corrected chi connectivity index (χ0v) is 15.4. The third-order valence-electron chi connectivity index (χ3n) is 9.18. The van der Waals surface area contributed by atoms with Crippen molar-refractivity contribution in [3.05, 3.63) is 23.8 Å². The van der Waals surface area contributed by atoms with Crippen molar-refractivity contribution in [2.75, 3.05) is 0 Å². The Hall–Kier alpha value is -1.22. The third kappa shape index (κ3) is 1.67. The van der Waals surface area contributed by atoms with Crippen LogP contribution in [0.2, 0.25) is 0 Å². The van der Waals surface area contributed by atoms with Crippen LogP contribution >= 0.6 is 0 Å². The molecule has 3 saturated carbocycles. The Kier molecular flexibility index (Phi) is 2.90. The van der Waals surface area contributed by atoms with Gasteiger partial charge in [0.1, 0.15) is 5.60 Å². The Morgan fingerprint density at radius 3 is 2.60 bits per heavy atom. The normalized spacial score (nSPS) is 55.6. The lowest BCUT2D eigenvalue weighted by molar-refractivity contribution is -0.156. The zero-order valence-electron chi connectivity index (χ0n) is 15.4. The molecule has 0 aromatic carbocycles. The molecule has 25 heavy (non-hydrogen) atoms. The van der Waals surface area contributed by atoms with Crippen LogP contribution in [0.15, 0.2) is 23.8 Å². The molecule has 2 unspecified atom stereocenters. The third-order valence-corrected chi connectivity index (χ3v) is 9.18. The van der Waals surface area contributed by atoms with Crippen molar-refractivity contribution in [2.24, 2.45) is 40.4 Å². The minimum Gasteiger partial charge on any atom is -0.382 e. The summed E-state index contributed by atoms with van der Waals surface area (Å²) in [5.41, 5.74) is -0.120. The maximum atomic E-state index is 12.3. The van der Waals surface area contributed by atoms with Gasteiger partial charge in [0.25, 0.3) is 0 Å². The number of hydrogen-bond donors (Lipinski definition) is 1. The van der Waals surface area contributed by atoms with Crippen molar-refractivity contribution >= 4 is 11.6 Å². The summed E-state index contributed by atoms with van der Waals surface area (Å²) < 4.78 is 0. The predicted octanol–water partition coefficient (Wildman–Crippen LogP) is 3.47. The first-order valence-corrected chi connectivity index (χ1v) is 9.91. The van der Waals surface area contributed by atoms with Gasteiger partial charge in [-0.2, -0.15) is 0 Å². The summed E-state index contributed by atoms with van der Waals surface area (Å²) in [6.07, 6.45) is 11.0. The van der Waals surface area contributed by atoms with Gasteiger partial charge in [0, 0.05) is 11.3 Å². The summed E-state index contributed by atoms with van der Waals surface area (Å²) >= 11 is 0. The smallest absolute Gasteiger partial charge is 0.161 e. The van der Waals surface area contributed by atoms with E-state index in [0.29, 0.717) is 35.9 Å². The molecule has 0 bridgehead atoms. The van der Waals surface area contributed by atoms with Crippen LogP contribution in [0, 0.1) is 40.4 Å². The first-order chi connectivity index (χ1) is 11.7. The van der Waals surface area contributed by atoms with Crippen molar-refractivity contribution in [2.45, 2.75) is 58.5 Å². The van der Waals surface area contributed by atoms with Crippen LogP contribution in [0.4, 0.5) is 0 Å². The number of carbonyl (C=O) groups is 2. The molecule has 0 saturated heterocycles. The number of ketones is 2. The lowest BCUT2D eigenvalue weighted by atomic mass is 9.47. The zero-order chi connectivity index (χ0) is 17.8. The van der Waals surface area contributed by atoms with Crippen LogP contribution < -0.4 is 0 Å². The number of rotatable bonds is 1. The quantitative estimate of drug-likeness (QED) is 0.795. The predicted molar refractivity (Wildman–Crippen MR) is 94.6 cm³/mol.